The van der Waals surface area contributed by atoms with Crippen LogP contribution in [0.3, 0.4) is 0 Å². The maximum Gasteiger partial charge on any atom is 0.326 e. The first-order valence-corrected chi connectivity index (χ1v) is 7.97. The topological polar surface area (TPSA) is 92.7 Å². The minimum absolute atomic E-state index is 0.109. The summed E-state index contributed by atoms with van der Waals surface area (Å²) in [4.78, 5) is 11.0. The molecule has 0 radical (unpaired) electrons. The van der Waals surface area contributed by atoms with E-state index in [1.165, 1.54) is 19.2 Å². The number of rotatable bonds is 6. The summed E-state index contributed by atoms with van der Waals surface area (Å²) in [5, 5.41) is 9.25. The lowest BCUT2D eigenvalue weighted by Crippen LogP contribution is -2.33. The number of hydrogen-bond acceptors (Lipinski definition) is 4. The van der Waals surface area contributed by atoms with Crippen molar-refractivity contribution in [3.63, 3.8) is 0 Å². The number of carboxylic acid groups (broad SMARTS) is 1. The molecule has 0 aliphatic rings. The number of hydrogen-bond donors (Lipinski definition) is 2. The molecule has 23 heavy (non-hydrogen) atoms. The molecule has 0 fully saturated rings. The van der Waals surface area contributed by atoms with E-state index in [0.29, 0.717) is 0 Å². The molecule has 0 bridgehead atoms. The van der Waals surface area contributed by atoms with Gasteiger partial charge in [-0.2, -0.15) is 4.72 Å². The molecule has 0 aliphatic heterocycles. The van der Waals surface area contributed by atoms with Crippen molar-refractivity contribution in [2.24, 2.45) is 0 Å². The second-order valence-corrected chi connectivity index (χ2v) is 6.31. The molecule has 0 heterocycles. The van der Waals surface area contributed by atoms with Crippen molar-refractivity contribution < 1.29 is 27.4 Å². The molecule has 2 N–H and O–H groups in total. The van der Waals surface area contributed by atoms with Crippen molar-refractivity contribution in [1.82, 2.24) is 4.72 Å². The number of sulfonamides is 1. The second-order valence-electron chi connectivity index (χ2n) is 4.60. The lowest BCUT2D eigenvalue weighted by molar-refractivity contribution is -0.139. The number of benzene rings is 2. The molecule has 8 heteroatoms. The van der Waals surface area contributed by atoms with Crippen LogP contribution in [0, 0.1) is 5.82 Å². The van der Waals surface area contributed by atoms with Crippen LogP contribution in [0.15, 0.2) is 53.4 Å². The number of halogens is 1. The Labute approximate surface area is 132 Å². The third-order valence-corrected chi connectivity index (χ3v) is 4.51. The average Bonchev–Trinajstić information content (AvgIpc) is 2.53. The maximum atomic E-state index is 13.7. The fraction of sp³-hybridized carbons (Fsp3) is 0.133. The highest BCUT2D eigenvalue weighted by Gasteiger charge is 2.27. The molecule has 0 saturated heterocycles. The normalized spacial score (nSPS) is 12.6. The first kappa shape index (κ1) is 16.9. The average molecular weight is 339 g/mol. The monoisotopic (exact) mass is 339 g/mol. The van der Waals surface area contributed by atoms with Gasteiger partial charge in [0, 0.05) is 0 Å². The molecule has 0 amide bonds. The van der Waals surface area contributed by atoms with Crippen molar-refractivity contribution in [1.29, 1.82) is 0 Å². The van der Waals surface area contributed by atoms with Crippen molar-refractivity contribution in [3.8, 4) is 5.75 Å². The van der Waals surface area contributed by atoms with E-state index in [0.717, 1.165) is 18.2 Å². The molecule has 0 saturated carbocycles. The van der Waals surface area contributed by atoms with E-state index in [-0.39, 0.29) is 11.3 Å². The smallest absolute Gasteiger partial charge is 0.326 e. The van der Waals surface area contributed by atoms with Crippen LogP contribution in [0.1, 0.15) is 11.6 Å². The maximum absolute atomic E-state index is 13.7. The molecule has 0 unspecified atom stereocenters. The number of nitrogens with one attached hydrogen (secondary N) is 1. The Morgan fingerprint density at radius 1 is 1.22 bits per heavy atom. The van der Waals surface area contributed by atoms with Crippen molar-refractivity contribution in [3.05, 3.63) is 59.9 Å². The highest BCUT2D eigenvalue weighted by molar-refractivity contribution is 7.89. The summed E-state index contributed by atoms with van der Waals surface area (Å²) in [5.74, 6) is -2.34. The van der Waals surface area contributed by atoms with Gasteiger partial charge in [-0.05, 0) is 23.8 Å². The Morgan fingerprint density at radius 3 is 2.39 bits per heavy atom. The van der Waals surface area contributed by atoms with E-state index in [2.05, 4.69) is 4.72 Å². The predicted octanol–water partition coefficient (Wildman–Crippen LogP) is 1.94. The summed E-state index contributed by atoms with van der Waals surface area (Å²) in [7, 11) is -2.98. The zero-order valence-corrected chi connectivity index (χ0v) is 12.9. The van der Waals surface area contributed by atoms with Gasteiger partial charge in [0.25, 0.3) is 0 Å². The van der Waals surface area contributed by atoms with Gasteiger partial charge in [0.05, 0.1) is 12.0 Å². The minimum Gasteiger partial charge on any atom is -0.494 e. The van der Waals surface area contributed by atoms with Crippen LogP contribution in [0.2, 0.25) is 0 Å². The number of carbonyl (C=O) groups is 1. The van der Waals surface area contributed by atoms with Gasteiger partial charge in [-0.15, -0.1) is 0 Å². The van der Waals surface area contributed by atoms with Gasteiger partial charge in [-0.25, -0.2) is 12.8 Å². The Balaban J connectivity index is 2.35. The summed E-state index contributed by atoms with van der Waals surface area (Å²) >= 11 is 0. The standard InChI is InChI=1S/C15H14FNO5S/c1-22-13-8-7-11(9-12(13)16)23(20,21)17-14(15(18)19)10-5-3-2-4-6-10/h2-9,14,17H,1H3,(H,18,19)/t14-/m0/s1. The fourth-order valence-electron chi connectivity index (χ4n) is 1.94. The van der Waals surface area contributed by atoms with Gasteiger partial charge in [-0.3, -0.25) is 4.79 Å². The van der Waals surface area contributed by atoms with Gasteiger partial charge in [0.2, 0.25) is 10.0 Å². The summed E-state index contributed by atoms with van der Waals surface area (Å²) in [6.45, 7) is 0. The molecule has 6 nitrogen and oxygen atoms in total. The number of methoxy groups -OCH3 is 1. The SMILES string of the molecule is COc1ccc(S(=O)(=O)N[C@H](C(=O)O)c2ccccc2)cc1F. The third kappa shape index (κ3) is 3.85. The number of aliphatic carboxylic acids is 1. The zero-order chi connectivity index (χ0) is 17.0. The molecule has 2 aromatic rings. The van der Waals surface area contributed by atoms with Crippen molar-refractivity contribution >= 4 is 16.0 Å². The van der Waals surface area contributed by atoms with Crippen LogP contribution < -0.4 is 9.46 Å². The lowest BCUT2D eigenvalue weighted by Gasteiger charge is -2.15. The highest BCUT2D eigenvalue weighted by atomic mass is 32.2. The molecule has 2 rings (SSSR count). The number of ether oxygens (including phenoxy) is 1. The molecular weight excluding hydrogens is 325 g/mol. The van der Waals surface area contributed by atoms with Crippen LogP contribution >= 0.6 is 0 Å². The van der Waals surface area contributed by atoms with Gasteiger partial charge < -0.3 is 9.84 Å². The molecule has 0 aliphatic carbocycles. The van der Waals surface area contributed by atoms with E-state index < -0.39 is 32.7 Å². The minimum atomic E-state index is -4.23. The van der Waals surface area contributed by atoms with Gasteiger partial charge in [0.1, 0.15) is 6.04 Å². The van der Waals surface area contributed by atoms with Crippen molar-refractivity contribution in [2.75, 3.05) is 7.11 Å². The molecule has 0 spiro atoms. The van der Waals surface area contributed by atoms with Crippen LogP contribution in [0.4, 0.5) is 4.39 Å². The third-order valence-electron chi connectivity index (χ3n) is 3.09. The van der Waals surface area contributed by atoms with Crippen LogP contribution in [-0.2, 0) is 14.8 Å². The van der Waals surface area contributed by atoms with Crippen LogP contribution in [0.5, 0.6) is 5.75 Å². The van der Waals surface area contributed by atoms with Gasteiger partial charge in [0.15, 0.2) is 11.6 Å². The lowest BCUT2D eigenvalue weighted by atomic mass is 10.1. The molecule has 2 aromatic carbocycles. The Morgan fingerprint density at radius 2 is 1.87 bits per heavy atom. The predicted molar refractivity (Wildman–Crippen MR) is 80.1 cm³/mol. The van der Waals surface area contributed by atoms with Gasteiger partial charge in [-0.1, -0.05) is 30.3 Å². The second kappa shape index (κ2) is 6.76. The van der Waals surface area contributed by atoms with E-state index in [4.69, 9.17) is 4.74 Å². The largest absolute Gasteiger partial charge is 0.494 e. The Hall–Kier alpha value is -2.45. The first-order chi connectivity index (χ1) is 10.8. The Kier molecular flexibility index (Phi) is 4.97. The summed E-state index contributed by atoms with van der Waals surface area (Å²) < 4.78 is 45.0. The van der Waals surface area contributed by atoms with E-state index in [1.54, 1.807) is 18.2 Å². The van der Waals surface area contributed by atoms with Crippen LogP contribution in [-0.4, -0.2) is 26.6 Å². The fourth-order valence-corrected chi connectivity index (χ4v) is 3.13. The molecule has 1 atom stereocenters. The summed E-state index contributed by atoms with van der Waals surface area (Å²) in [5.41, 5.74) is 0.262. The summed E-state index contributed by atoms with van der Waals surface area (Å²) in [6, 6.07) is 9.40. The quantitative estimate of drug-likeness (QED) is 0.839. The van der Waals surface area contributed by atoms with Gasteiger partial charge >= 0.3 is 5.97 Å². The number of carboxylic acids is 1. The van der Waals surface area contributed by atoms with Crippen LogP contribution in [0.25, 0.3) is 0 Å². The zero-order valence-electron chi connectivity index (χ0n) is 12.1. The highest BCUT2D eigenvalue weighted by Crippen LogP contribution is 2.22. The summed E-state index contributed by atoms with van der Waals surface area (Å²) in [6.07, 6.45) is 0. The van der Waals surface area contributed by atoms with E-state index in [1.807, 2.05) is 0 Å². The Bertz CT molecular complexity index is 808. The molecular formula is C15H14FNO5S. The molecule has 122 valence electrons. The van der Waals surface area contributed by atoms with E-state index >= 15 is 0 Å². The van der Waals surface area contributed by atoms with E-state index in [9.17, 15) is 22.7 Å². The first-order valence-electron chi connectivity index (χ1n) is 6.49. The van der Waals surface area contributed by atoms with Crippen molar-refractivity contribution in [2.45, 2.75) is 10.9 Å². The molecule has 0 aromatic heterocycles.